The van der Waals surface area contributed by atoms with Crippen molar-refractivity contribution >= 4 is 21.6 Å². The Kier molecular flexibility index (Phi) is 6.53. The summed E-state index contributed by atoms with van der Waals surface area (Å²) in [5, 5.41) is 0. The number of ether oxygens (including phenoxy) is 1. The zero-order chi connectivity index (χ0) is 22.9. The normalized spacial score (nSPS) is 18.8. The van der Waals surface area contributed by atoms with Crippen molar-refractivity contribution in [1.82, 2.24) is 4.31 Å². The second kappa shape index (κ2) is 9.19. The summed E-state index contributed by atoms with van der Waals surface area (Å²) in [4.78, 5) is 15.1. The number of sulfonamides is 1. The predicted octanol–water partition coefficient (Wildman–Crippen LogP) is 4.07. The van der Waals surface area contributed by atoms with Gasteiger partial charge in [-0.05, 0) is 74.9 Å². The van der Waals surface area contributed by atoms with Gasteiger partial charge in [0.15, 0.2) is 0 Å². The summed E-state index contributed by atoms with van der Waals surface area (Å²) in [6.07, 6.45) is 3.05. The van der Waals surface area contributed by atoms with Gasteiger partial charge in [-0.2, -0.15) is 4.31 Å². The van der Waals surface area contributed by atoms with Crippen LogP contribution in [0.5, 0.6) is 5.75 Å². The average Bonchev–Trinajstić information content (AvgIpc) is 3.65. The van der Waals surface area contributed by atoms with Gasteiger partial charge >= 0.3 is 0 Å². The van der Waals surface area contributed by atoms with Crippen LogP contribution in [0.4, 0.5) is 10.1 Å². The molecule has 1 atom stereocenters. The first-order valence-electron chi connectivity index (χ1n) is 11.0. The maximum atomic E-state index is 14.1. The molecule has 6 nitrogen and oxygen atoms in total. The van der Waals surface area contributed by atoms with Gasteiger partial charge in [-0.15, -0.1) is 0 Å². The molecule has 1 heterocycles. The molecule has 2 aliphatic rings. The molecular formula is C24H29FN2O4S. The molecule has 1 amide bonds. The number of anilines is 1. The number of benzene rings is 2. The number of piperidine rings is 1. The van der Waals surface area contributed by atoms with Crippen LogP contribution in [0, 0.1) is 17.7 Å². The molecule has 0 spiro atoms. The van der Waals surface area contributed by atoms with Crippen LogP contribution in [0.1, 0.15) is 32.6 Å². The standard InChI is InChI=1S/C24H29FN2O4S/c1-17(18-7-8-18)27(20-9-11-21(31-2)12-10-20)24(28)19-13-15-26(16-14-19)32(29,30)23-6-4-3-5-22(23)25/h3-6,9-12,17-19H,7-8,13-16H2,1-2H3. The number of nitrogens with zero attached hydrogens (tertiary/aromatic N) is 2. The molecule has 32 heavy (non-hydrogen) atoms. The van der Waals surface area contributed by atoms with Crippen LogP contribution in [-0.2, 0) is 14.8 Å². The third-order valence-electron chi connectivity index (χ3n) is 6.56. The number of hydrogen-bond donors (Lipinski definition) is 0. The second-order valence-corrected chi connectivity index (χ2v) is 10.5. The van der Waals surface area contributed by atoms with E-state index in [1.807, 2.05) is 29.2 Å². The lowest BCUT2D eigenvalue weighted by molar-refractivity contribution is -0.124. The van der Waals surface area contributed by atoms with E-state index < -0.39 is 15.8 Å². The topological polar surface area (TPSA) is 66.9 Å². The monoisotopic (exact) mass is 460 g/mol. The molecule has 2 fully saturated rings. The third kappa shape index (κ3) is 4.52. The largest absolute Gasteiger partial charge is 0.497 e. The lowest BCUT2D eigenvalue weighted by Crippen LogP contribution is -2.47. The van der Waals surface area contributed by atoms with Gasteiger partial charge in [0.25, 0.3) is 0 Å². The molecule has 0 aromatic heterocycles. The van der Waals surface area contributed by atoms with Gasteiger partial charge < -0.3 is 9.64 Å². The smallest absolute Gasteiger partial charge is 0.245 e. The highest BCUT2D eigenvalue weighted by Gasteiger charge is 2.40. The van der Waals surface area contributed by atoms with E-state index in [1.54, 1.807) is 7.11 Å². The number of rotatable bonds is 7. The quantitative estimate of drug-likeness (QED) is 0.625. The van der Waals surface area contributed by atoms with Crippen LogP contribution in [0.25, 0.3) is 0 Å². The lowest BCUT2D eigenvalue weighted by Gasteiger charge is -2.36. The fraction of sp³-hybridized carbons (Fsp3) is 0.458. The van der Waals surface area contributed by atoms with Crippen molar-refractivity contribution in [2.45, 2.75) is 43.5 Å². The van der Waals surface area contributed by atoms with Gasteiger partial charge in [-0.1, -0.05) is 12.1 Å². The van der Waals surface area contributed by atoms with Crippen LogP contribution in [0.3, 0.4) is 0 Å². The molecule has 4 rings (SSSR count). The summed E-state index contributed by atoms with van der Waals surface area (Å²) in [5.41, 5.74) is 0.830. The number of methoxy groups -OCH3 is 1. The summed E-state index contributed by atoms with van der Waals surface area (Å²) in [7, 11) is -2.32. The summed E-state index contributed by atoms with van der Waals surface area (Å²) < 4.78 is 46.4. The van der Waals surface area contributed by atoms with Crippen molar-refractivity contribution in [3.8, 4) is 5.75 Å². The van der Waals surface area contributed by atoms with E-state index in [9.17, 15) is 17.6 Å². The third-order valence-corrected chi connectivity index (χ3v) is 8.49. The minimum absolute atomic E-state index is 0.0255. The van der Waals surface area contributed by atoms with E-state index in [2.05, 4.69) is 6.92 Å². The average molecular weight is 461 g/mol. The van der Waals surface area contributed by atoms with E-state index in [1.165, 1.54) is 22.5 Å². The highest BCUT2D eigenvalue weighted by molar-refractivity contribution is 7.89. The molecule has 1 aliphatic carbocycles. The minimum atomic E-state index is -3.92. The number of halogens is 1. The zero-order valence-corrected chi connectivity index (χ0v) is 19.2. The zero-order valence-electron chi connectivity index (χ0n) is 18.4. The van der Waals surface area contributed by atoms with Crippen molar-refractivity contribution < 1.29 is 22.3 Å². The van der Waals surface area contributed by atoms with Gasteiger partial charge in [0, 0.05) is 30.7 Å². The van der Waals surface area contributed by atoms with E-state index in [0.29, 0.717) is 18.8 Å². The van der Waals surface area contributed by atoms with E-state index in [4.69, 9.17) is 4.74 Å². The fourth-order valence-electron chi connectivity index (χ4n) is 4.43. The molecule has 1 aliphatic heterocycles. The Morgan fingerprint density at radius 2 is 1.69 bits per heavy atom. The van der Waals surface area contributed by atoms with Crippen molar-refractivity contribution in [3.63, 3.8) is 0 Å². The summed E-state index contributed by atoms with van der Waals surface area (Å²) in [6.45, 7) is 2.47. The molecule has 8 heteroatoms. The molecule has 172 valence electrons. The number of hydrogen-bond acceptors (Lipinski definition) is 4. The van der Waals surface area contributed by atoms with E-state index >= 15 is 0 Å². The maximum absolute atomic E-state index is 14.1. The molecule has 2 aromatic carbocycles. The van der Waals surface area contributed by atoms with E-state index in [-0.39, 0.29) is 35.9 Å². The van der Waals surface area contributed by atoms with Crippen molar-refractivity contribution in [2.24, 2.45) is 11.8 Å². The van der Waals surface area contributed by atoms with Crippen LogP contribution in [-0.4, -0.2) is 44.9 Å². The number of carbonyl (C=O) groups is 1. The summed E-state index contributed by atoms with van der Waals surface area (Å²) >= 11 is 0. The van der Waals surface area contributed by atoms with Crippen molar-refractivity contribution in [2.75, 3.05) is 25.1 Å². The minimum Gasteiger partial charge on any atom is -0.497 e. The molecule has 0 bridgehead atoms. The van der Waals surface area contributed by atoms with Gasteiger partial charge in [-0.25, -0.2) is 12.8 Å². The molecule has 0 N–H and O–H groups in total. The number of carbonyl (C=O) groups excluding carboxylic acids is 1. The Labute approximate surface area is 189 Å². The first kappa shape index (κ1) is 22.7. The lowest BCUT2D eigenvalue weighted by atomic mass is 9.95. The van der Waals surface area contributed by atoms with Crippen LogP contribution in [0.15, 0.2) is 53.4 Å². The van der Waals surface area contributed by atoms with Crippen LogP contribution >= 0.6 is 0 Å². The predicted molar refractivity (Wildman–Crippen MR) is 121 cm³/mol. The van der Waals surface area contributed by atoms with Gasteiger partial charge in [-0.3, -0.25) is 4.79 Å². The first-order chi connectivity index (χ1) is 15.3. The Bertz CT molecular complexity index is 1060. The van der Waals surface area contributed by atoms with Crippen molar-refractivity contribution in [3.05, 3.63) is 54.3 Å². The Morgan fingerprint density at radius 1 is 1.06 bits per heavy atom. The fourth-order valence-corrected chi connectivity index (χ4v) is 5.96. The number of amides is 1. The first-order valence-corrected chi connectivity index (χ1v) is 12.5. The van der Waals surface area contributed by atoms with E-state index in [0.717, 1.165) is 30.3 Å². The van der Waals surface area contributed by atoms with Gasteiger partial charge in [0.05, 0.1) is 7.11 Å². The van der Waals surface area contributed by atoms with Gasteiger partial charge in [0.2, 0.25) is 15.9 Å². The van der Waals surface area contributed by atoms with Crippen LogP contribution < -0.4 is 9.64 Å². The SMILES string of the molecule is COc1ccc(N(C(=O)C2CCN(S(=O)(=O)c3ccccc3F)CC2)C(C)C2CC2)cc1. The molecular weight excluding hydrogens is 431 g/mol. The van der Waals surface area contributed by atoms with Crippen molar-refractivity contribution in [1.29, 1.82) is 0 Å². The Hall–Kier alpha value is -2.45. The molecule has 1 unspecified atom stereocenters. The second-order valence-electron chi connectivity index (χ2n) is 8.59. The molecule has 1 saturated heterocycles. The van der Waals surface area contributed by atoms with Gasteiger partial charge in [0.1, 0.15) is 16.5 Å². The Balaban J connectivity index is 1.49. The van der Waals surface area contributed by atoms with Crippen LogP contribution in [0.2, 0.25) is 0 Å². The maximum Gasteiger partial charge on any atom is 0.245 e. The summed E-state index contributed by atoms with van der Waals surface area (Å²) in [5.74, 6) is 0.215. The molecule has 0 radical (unpaired) electrons. The highest BCUT2D eigenvalue weighted by atomic mass is 32.2. The molecule has 2 aromatic rings. The highest BCUT2D eigenvalue weighted by Crippen LogP contribution is 2.39. The summed E-state index contributed by atoms with van der Waals surface area (Å²) in [6, 6.07) is 13.0. The Morgan fingerprint density at radius 3 is 2.25 bits per heavy atom. The molecule has 1 saturated carbocycles.